The molecule has 0 saturated carbocycles. The molecule has 5 nitrogen and oxygen atoms in total. The van der Waals surface area contributed by atoms with Crippen molar-refractivity contribution < 1.29 is 19.0 Å². The molecular formula is C24H24BrNO4. The number of nitrogens with one attached hydrogen (secondary N) is 1. The van der Waals surface area contributed by atoms with Crippen LogP contribution in [0.1, 0.15) is 12.5 Å². The molecule has 156 valence electrons. The van der Waals surface area contributed by atoms with Crippen LogP contribution in [0.3, 0.4) is 0 Å². The predicted octanol–water partition coefficient (Wildman–Crippen LogP) is 5.49. The van der Waals surface area contributed by atoms with E-state index >= 15 is 0 Å². The number of hydrogen-bond donors (Lipinski definition) is 1. The van der Waals surface area contributed by atoms with E-state index in [0.717, 1.165) is 16.6 Å². The molecule has 0 atom stereocenters. The average molecular weight is 470 g/mol. The topological polar surface area (TPSA) is 56.8 Å². The fourth-order valence-electron chi connectivity index (χ4n) is 2.73. The van der Waals surface area contributed by atoms with Crippen LogP contribution in [-0.2, 0) is 11.2 Å². The van der Waals surface area contributed by atoms with Crippen molar-refractivity contribution in [2.45, 2.75) is 13.3 Å². The Bertz CT molecular complexity index is 962. The fourth-order valence-corrected chi connectivity index (χ4v) is 3.28. The minimum atomic E-state index is -0.266. The van der Waals surface area contributed by atoms with Crippen LogP contribution in [-0.4, -0.2) is 25.7 Å². The van der Waals surface area contributed by atoms with E-state index in [1.54, 1.807) is 12.1 Å². The molecule has 0 unspecified atom stereocenters. The van der Waals surface area contributed by atoms with Crippen LogP contribution in [0.4, 0.5) is 5.69 Å². The maximum Gasteiger partial charge on any atom is 0.262 e. The van der Waals surface area contributed by atoms with Crippen LogP contribution in [0.2, 0.25) is 0 Å². The van der Waals surface area contributed by atoms with Crippen molar-refractivity contribution in [3.63, 3.8) is 0 Å². The van der Waals surface area contributed by atoms with Gasteiger partial charge in [0.15, 0.2) is 6.61 Å². The summed E-state index contributed by atoms with van der Waals surface area (Å²) >= 11 is 3.48. The van der Waals surface area contributed by atoms with Crippen molar-refractivity contribution in [2.75, 3.05) is 25.1 Å². The Labute approximate surface area is 185 Å². The second kappa shape index (κ2) is 11.3. The van der Waals surface area contributed by atoms with Crippen LogP contribution in [0, 0.1) is 0 Å². The molecule has 3 aromatic rings. The molecule has 30 heavy (non-hydrogen) atoms. The zero-order chi connectivity index (χ0) is 21.2. The van der Waals surface area contributed by atoms with Crippen molar-refractivity contribution in [1.29, 1.82) is 0 Å². The summed E-state index contributed by atoms with van der Waals surface area (Å²) in [5.41, 5.74) is 1.78. The molecule has 0 spiro atoms. The number of carbonyl (C=O) groups excluding carboxylic acids is 1. The molecule has 1 N–H and O–H groups in total. The summed E-state index contributed by atoms with van der Waals surface area (Å²) < 4.78 is 17.9. The number of aryl methyl sites for hydroxylation is 1. The van der Waals surface area contributed by atoms with Crippen molar-refractivity contribution in [3.05, 3.63) is 82.8 Å². The molecule has 0 heterocycles. The first kappa shape index (κ1) is 21.7. The molecule has 0 aromatic heterocycles. The third-order valence-electron chi connectivity index (χ3n) is 4.28. The Morgan fingerprint density at radius 3 is 2.37 bits per heavy atom. The van der Waals surface area contributed by atoms with Gasteiger partial charge in [0.1, 0.15) is 30.5 Å². The van der Waals surface area contributed by atoms with E-state index in [4.69, 9.17) is 14.2 Å². The summed E-state index contributed by atoms with van der Waals surface area (Å²) in [5.74, 6) is 1.73. The molecule has 3 aromatic carbocycles. The minimum absolute atomic E-state index is 0.102. The monoisotopic (exact) mass is 469 g/mol. The molecule has 0 aliphatic heterocycles. The lowest BCUT2D eigenvalue weighted by Crippen LogP contribution is -2.21. The molecular weight excluding hydrogens is 446 g/mol. The number of hydrogen-bond acceptors (Lipinski definition) is 4. The highest BCUT2D eigenvalue weighted by molar-refractivity contribution is 9.10. The van der Waals surface area contributed by atoms with E-state index in [-0.39, 0.29) is 12.5 Å². The molecule has 6 heteroatoms. The molecule has 0 saturated heterocycles. The Kier molecular flexibility index (Phi) is 8.15. The van der Waals surface area contributed by atoms with Gasteiger partial charge in [0.25, 0.3) is 5.91 Å². The largest absolute Gasteiger partial charge is 0.490 e. The van der Waals surface area contributed by atoms with Crippen LogP contribution in [0.15, 0.2) is 77.3 Å². The van der Waals surface area contributed by atoms with Gasteiger partial charge in [-0.3, -0.25) is 4.79 Å². The summed E-state index contributed by atoms with van der Waals surface area (Å²) in [7, 11) is 0. The van der Waals surface area contributed by atoms with Gasteiger partial charge < -0.3 is 19.5 Å². The average Bonchev–Trinajstić information content (AvgIpc) is 2.77. The molecule has 3 rings (SSSR count). The summed E-state index contributed by atoms with van der Waals surface area (Å²) in [6.45, 7) is 2.74. The smallest absolute Gasteiger partial charge is 0.262 e. The highest BCUT2D eigenvalue weighted by Crippen LogP contribution is 2.27. The lowest BCUT2D eigenvalue weighted by atomic mass is 10.2. The van der Waals surface area contributed by atoms with Gasteiger partial charge in [-0.25, -0.2) is 0 Å². The molecule has 1 amide bonds. The van der Waals surface area contributed by atoms with Crippen LogP contribution >= 0.6 is 15.9 Å². The van der Waals surface area contributed by atoms with Gasteiger partial charge >= 0.3 is 0 Å². The van der Waals surface area contributed by atoms with Gasteiger partial charge in [-0.05, 0) is 64.3 Å². The zero-order valence-corrected chi connectivity index (χ0v) is 18.4. The SMILES string of the molecule is CCc1ccc(OCC(=O)Nc2ccccc2OCCOc2ccccc2)c(Br)c1. The van der Waals surface area contributed by atoms with Gasteiger partial charge in [0, 0.05) is 0 Å². The van der Waals surface area contributed by atoms with Crippen molar-refractivity contribution in [2.24, 2.45) is 0 Å². The number of rotatable bonds is 10. The van der Waals surface area contributed by atoms with Gasteiger partial charge in [-0.15, -0.1) is 0 Å². The first-order valence-electron chi connectivity index (χ1n) is 9.76. The molecule has 0 aliphatic rings. The first-order chi connectivity index (χ1) is 14.7. The lowest BCUT2D eigenvalue weighted by molar-refractivity contribution is -0.118. The number of halogens is 1. The summed E-state index contributed by atoms with van der Waals surface area (Å²) in [6, 6.07) is 22.7. The van der Waals surface area contributed by atoms with Crippen LogP contribution in [0.25, 0.3) is 0 Å². The summed E-state index contributed by atoms with van der Waals surface area (Å²) in [6.07, 6.45) is 0.937. The van der Waals surface area contributed by atoms with E-state index < -0.39 is 0 Å². The van der Waals surface area contributed by atoms with Crippen molar-refractivity contribution in [1.82, 2.24) is 0 Å². The Hall–Kier alpha value is -2.99. The van der Waals surface area contributed by atoms with E-state index in [2.05, 4.69) is 28.2 Å². The fraction of sp³-hybridized carbons (Fsp3) is 0.208. The van der Waals surface area contributed by atoms with Crippen LogP contribution in [0.5, 0.6) is 17.2 Å². The molecule has 0 aliphatic carbocycles. The van der Waals surface area contributed by atoms with Gasteiger partial charge in [-0.1, -0.05) is 43.3 Å². The van der Waals surface area contributed by atoms with Crippen molar-refractivity contribution in [3.8, 4) is 17.2 Å². The molecule has 0 radical (unpaired) electrons. The second-order valence-corrected chi connectivity index (χ2v) is 7.32. The lowest BCUT2D eigenvalue weighted by Gasteiger charge is -2.14. The highest BCUT2D eigenvalue weighted by atomic mass is 79.9. The quantitative estimate of drug-likeness (QED) is 0.399. The van der Waals surface area contributed by atoms with Crippen LogP contribution < -0.4 is 19.5 Å². The van der Waals surface area contributed by atoms with E-state index in [0.29, 0.717) is 30.4 Å². The number of anilines is 1. The Balaban J connectivity index is 1.49. The second-order valence-electron chi connectivity index (χ2n) is 6.46. The predicted molar refractivity (Wildman–Crippen MR) is 122 cm³/mol. The summed E-state index contributed by atoms with van der Waals surface area (Å²) in [4.78, 5) is 12.4. The number of benzene rings is 3. The first-order valence-corrected chi connectivity index (χ1v) is 10.6. The molecule has 0 bridgehead atoms. The van der Waals surface area contributed by atoms with Gasteiger partial charge in [-0.2, -0.15) is 0 Å². The maximum atomic E-state index is 12.4. The standard InChI is InChI=1S/C24H24BrNO4/c1-2-18-12-13-22(20(25)16-18)30-17-24(27)26-21-10-6-7-11-23(21)29-15-14-28-19-8-4-3-5-9-19/h3-13,16H,2,14-15,17H2,1H3,(H,26,27). The number of ether oxygens (including phenoxy) is 3. The van der Waals surface area contributed by atoms with Gasteiger partial charge in [0.05, 0.1) is 10.2 Å². The molecule has 0 fully saturated rings. The number of para-hydroxylation sites is 3. The van der Waals surface area contributed by atoms with Crippen molar-refractivity contribution >= 4 is 27.5 Å². The zero-order valence-electron chi connectivity index (χ0n) is 16.8. The third kappa shape index (κ3) is 6.52. The highest BCUT2D eigenvalue weighted by Gasteiger charge is 2.10. The summed E-state index contributed by atoms with van der Waals surface area (Å²) in [5, 5.41) is 2.84. The van der Waals surface area contributed by atoms with E-state index in [1.165, 1.54) is 5.56 Å². The van der Waals surface area contributed by atoms with E-state index in [1.807, 2.05) is 60.7 Å². The maximum absolute atomic E-state index is 12.4. The number of carbonyl (C=O) groups is 1. The van der Waals surface area contributed by atoms with E-state index in [9.17, 15) is 4.79 Å². The van der Waals surface area contributed by atoms with Gasteiger partial charge in [0.2, 0.25) is 0 Å². The Morgan fingerprint density at radius 2 is 1.60 bits per heavy atom. The Morgan fingerprint density at radius 1 is 0.867 bits per heavy atom. The minimum Gasteiger partial charge on any atom is -0.490 e. The number of amides is 1. The third-order valence-corrected chi connectivity index (χ3v) is 4.90. The normalized spacial score (nSPS) is 10.3.